The van der Waals surface area contributed by atoms with Crippen molar-refractivity contribution in [2.75, 3.05) is 19.7 Å². The van der Waals surface area contributed by atoms with Crippen LogP contribution in [0.1, 0.15) is 42.1 Å². The Hall–Kier alpha value is -3.28. The molecular formula is C21H24F3N3O6. The minimum Gasteiger partial charge on any atom is -0.385 e. The van der Waals surface area contributed by atoms with Crippen LogP contribution >= 0.6 is 0 Å². The van der Waals surface area contributed by atoms with E-state index in [1.165, 1.54) is 0 Å². The number of nitrogen functional groups attached to an aromatic ring is 1. The summed E-state index contributed by atoms with van der Waals surface area (Å²) in [5.41, 5.74) is 6.28. The number of benzene rings is 1. The fourth-order valence-electron chi connectivity index (χ4n) is 3.25. The van der Waals surface area contributed by atoms with E-state index in [0.29, 0.717) is 24.0 Å². The lowest BCUT2D eigenvalue weighted by Crippen LogP contribution is -2.44. The van der Waals surface area contributed by atoms with Crippen molar-refractivity contribution in [2.45, 2.75) is 38.5 Å². The third-order valence-corrected chi connectivity index (χ3v) is 5.06. The van der Waals surface area contributed by atoms with E-state index < -0.39 is 36.7 Å². The van der Waals surface area contributed by atoms with Crippen LogP contribution in [-0.4, -0.2) is 66.3 Å². The van der Waals surface area contributed by atoms with Crippen LogP contribution in [0.5, 0.6) is 0 Å². The monoisotopic (exact) mass is 471 g/mol. The molecule has 1 fully saturated rings. The number of alkyl halides is 3. The number of ether oxygens (including phenoxy) is 2. The first kappa shape index (κ1) is 26.0. The molecule has 0 aliphatic carbocycles. The van der Waals surface area contributed by atoms with Gasteiger partial charge in [-0.1, -0.05) is 31.2 Å². The summed E-state index contributed by atoms with van der Waals surface area (Å²) in [6.45, 7) is 1.39. The summed E-state index contributed by atoms with van der Waals surface area (Å²) in [5, 5.41) is 7.36. The Labute approximate surface area is 187 Å². The Morgan fingerprint density at radius 2 is 1.67 bits per heavy atom. The molecule has 0 radical (unpaired) electrons. The quantitative estimate of drug-likeness (QED) is 0.194. The molecule has 1 aliphatic rings. The lowest BCUT2D eigenvalue weighted by atomic mass is 9.96. The summed E-state index contributed by atoms with van der Waals surface area (Å²) in [4.78, 5) is 48.6. The number of ketones is 1. The van der Waals surface area contributed by atoms with Gasteiger partial charge in [0, 0.05) is 36.6 Å². The molecule has 1 amide bonds. The Morgan fingerprint density at radius 3 is 2.18 bits per heavy atom. The summed E-state index contributed by atoms with van der Waals surface area (Å²) in [7, 11) is 0. The third kappa shape index (κ3) is 7.67. The van der Waals surface area contributed by atoms with E-state index in [1.807, 2.05) is 0 Å². The number of halogens is 3. The van der Waals surface area contributed by atoms with Crippen molar-refractivity contribution in [3.8, 4) is 0 Å². The molecule has 1 unspecified atom stereocenters. The molecule has 3 N–H and O–H groups in total. The molecule has 1 atom stereocenters. The van der Waals surface area contributed by atoms with Gasteiger partial charge in [-0.05, 0) is 12.8 Å². The number of hydrogen-bond donors (Lipinski definition) is 2. The predicted molar refractivity (Wildman–Crippen MR) is 108 cm³/mol. The number of nitrogens with two attached hydrogens (primary N) is 1. The van der Waals surface area contributed by atoms with Crippen molar-refractivity contribution in [3.63, 3.8) is 0 Å². The predicted octanol–water partition coefficient (Wildman–Crippen LogP) is 1.82. The second-order valence-electron chi connectivity index (χ2n) is 7.61. The van der Waals surface area contributed by atoms with E-state index in [0.717, 1.165) is 0 Å². The molecule has 0 spiro atoms. The lowest BCUT2D eigenvalue weighted by Gasteiger charge is -2.33. The summed E-state index contributed by atoms with van der Waals surface area (Å²) in [5.74, 6) is -5.19. The van der Waals surface area contributed by atoms with E-state index >= 15 is 0 Å². The fraction of sp³-hybridized carbons (Fsp3) is 0.476. The molecule has 1 saturated heterocycles. The van der Waals surface area contributed by atoms with Crippen molar-refractivity contribution in [1.82, 2.24) is 4.90 Å². The van der Waals surface area contributed by atoms with Gasteiger partial charge < -0.3 is 20.1 Å². The van der Waals surface area contributed by atoms with Crippen molar-refractivity contribution in [1.29, 1.82) is 5.41 Å². The second-order valence-corrected chi connectivity index (χ2v) is 7.61. The topological polar surface area (TPSA) is 140 Å². The van der Waals surface area contributed by atoms with E-state index in [2.05, 4.69) is 4.74 Å². The first-order valence-electron chi connectivity index (χ1n) is 10.1. The van der Waals surface area contributed by atoms with Crippen LogP contribution in [0, 0.1) is 11.3 Å². The molecule has 9 nitrogen and oxygen atoms in total. The first-order valence-corrected chi connectivity index (χ1v) is 10.1. The van der Waals surface area contributed by atoms with Gasteiger partial charge >= 0.3 is 18.1 Å². The van der Waals surface area contributed by atoms with Gasteiger partial charge in [0.15, 0.2) is 5.78 Å². The molecule has 1 aliphatic heterocycles. The molecule has 180 valence electrons. The summed E-state index contributed by atoms with van der Waals surface area (Å²) in [6.07, 6.45) is -5.09. The van der Waals surface area contributed by atoms with Crippen molar-refractivity contribution < 1.29 is 41.8 Å². The maximum Gasteiger partial charge on any atom is 0.491 e. The van der Waals surface area contributed by atoms with Gasteiger partial charge in [0.05, 0.1) is 6.10 Å². The average molecular weight is 471 g/mol. The Kier molecular flexibility index (Phi) is 8.69. The summed E-state index contributed by atoms with van der Waals surface area (Å²) in [6, 6.07) is 6.21. The minimum absolute atomic E-state index is 0.00620. The molecule has 1 heterocycles. The number of rotatable bonds is 8. The first-order chi connectivity index (χ1) is 15.4. The molecule has 0 aromatic heterocycles. The Morgan fingerprint density at radius 1 is 1.12 bits per heavy atom. The van der Waals surface area contributed by atoms with Gasteiger partial charge in [-0.2, -0.15) is 13.2 Å². The number of carbonyl (C=O) groups is 4. The highest BCUT2D eigenvalue weighted by Gasteiger charge is 2.42. The molecule has 0 bridgehead atoms. The molecule has 12 heteroatoms. The number of nitrogens with zero attached hydrogens (tertiary/aromatic N) is 1. The van der Waals surface area contributed by atoms with Crippen LogP contribution in [0.15, 0.2) is 24.3 Å². The highest BCUT2D eigenvalue weighted by Crippen LogP contribution is 2.20. The van der Waals surface area contributed by atoms with Crippen molar-refractivity contribution in [3.05, 3.63) is 35.4 Å². The zero-order chi connectivity index (χ0) is 24.8. The largest absolute Gasteiger partial charge is 0.491 e. The van der Waals surface area contributed by atoms with E-state index in [-0.39, 0.29) is 37.0 Å². The van der Waals surface area contributed by atoms with Gasteiger partial charge in [-0.25, -0.2) is 9.59 Å². The minimum atomic E-state index is -5.27. The Bertz CT molecular complexity index is 909. The van der Waals surface area contributed by atoms with Crippen molar-refractivity contribution in [2.24, 2.45) is 11.7 Å². The number of likely N-dealkylation sites (tertiary alicyclic amines) is 1. The number of esters is 2. The second kappa shape index (κ2) is 11.0. The van der Waals surface area contributed by atoms with Crippen LogP contribution in [0.3, 0.4) is 0 Å². The maximum absolute atomic E-state index is 12.7. The van der Waals surface area contributed by atoms with E-state index in [9.17, 15) is 32.3 Å². The van der Waals surface area contributed by atoms with E-state index in [4.69, 9.17) is 15.9 Å². The third-order valence-electron chi connectivity index (χ3n) is 5.06. The zero-order valence-corrected chi connectivity index (χ0v) is 17.8. The van der Waals surface area contributed by atoms with Gasteiger partial charge in [0.1, 0.15) is 12.4 Å². The number of piperidine rings is 1. The van der Waals surface area contributed by atoms with E-state index in [1.54, 1.807) is 36.1 Å². The molecule has 0 saturated carbocycles. The smallest absolute Gasteiger partial charge is 0.385 e. The SMILES string of the molecule is CC(CC(=O)c1ccc(C(=N)N)cc1)C(=O)N1CCC(OCC(=O)OC(=O)C(F)(F)F)CC1. The molecule has 1 aromatic rings. The molecule has 33 heavy (non-hydrogen) atoms. The van der Waals surface area contributed by atoms with Crippen LogP contribution in [0.4, 0.5) is 13.2 Å². The summed E-state index contributed by atoms with van der Waals surface area (Å²) >= 11 is 0. The number of Topliss-reactive ketones (excluding diaryl/α,β-unsaturated/α-hetero) is 1. The van der Waals surface area contributed by atoms with Crippen LogP contribution in [0.25, 0.3) is 0 Å². The zero-order valence-electron chi connectivity index (χ0n) is 17.8. The van der Waals surface area contributed by atoms with Crippen LogP contribution < -0.4 is 5.73 Å². The number of nitrogens with one attached hydrogen (secondary N) is 1. The summed E-state index contributed by atoms with van der Waals surface area (Å²) < 4.78 is 45.0. The highest BCUT2D eigenvalue weighted by molar-refractivity contribution is 6.00. The van der Waals surface area contributed by atoms with Gasteiger partial charge in [0.2, 0.25) is 5.91 Å². The van der Waals surface area contributed by atoms with Crippen LogP contribution in [-0.2, 0) is 23.9 Å². The number of hydrogen-bond acceptors (Lipinski definition) is 7. The molecule has 1 aromatic carbocycles. The average Bonchev–Trinajstić information content (AvgIpc) is 2.76. The maximum atomic E-state index is 12.7. The highest BCUT2D eigenvalue weighted by atomic mass is 19.4. The molecular weight excluding hydrogens is 447 g/mol. The standard InChI is InChI=1S/C21H24F3N3O6/c1-12(10-16(28)13-2-4-14(5-3-13)18(25)26)19(30)27-8-6-15(7-9-27)32-11-17(29)33-20(31)21(22,23)24/h2-5,12,15H,6-11H2,1H3,(H3,25,26). The van der Waals surface area contributed by atoms with Gasteiger partial charge in [-0.3, -0.25) is 15.0 Å². The Balaban J connectivity index is 1.76. The van der Waals surface area contributed by atoms with Gasteiger partial charge in [0.25, 0.3) is 0 Å². The van der Waals surface area contributed by atoms with Gasteiger partial charge in [-0.15, -0.1) is 0 Å². The number of amidine groups is 1. The normalized spacial score (nSPS) is 15.6. The van der Waals surface area contributed by atoms with Crippen molar-refractivity contribution >= 4 is 29.5 Å². The lowest BCUT2D eigenvalue weighted by molar-refractivity contribution is -0.203. The number of amides is 1. The van der Waals surface area contributed by atoms with Crippen LogP contribution in [0.2, 0.25) is 0 Å². The molecule has 2 rings (SSSR count). The number of carbonyl (C=O) groups excluding carboxylic acids is 4. The fourth-order valence-corrected chi connectivity index (χ4v) is 3.25.